The third-order valence-electron chi connectivity index (χ3n) is 5.31. The molecular formula is C16H29N5O2S. The van der Waals surface area contributed by atoms with E-state index in [1.54, 1.807) is 21.9 Å². The Kier molecular flexibility index (Phi) is 5.91. The summed E-state index contributed by atoms with van der Waals surface area (Å²) < 4.78 is 30.9. The van der Waals surface area contributed by atoms with Crippen molar-refractivity contribution in [2.75, 3.05) is 39.8 Å². The Morgan fingerprint density at radius 2 is 1.79 bits per heavy atom. The van der Waals surface area contributed by atoms with E-state index in [0.29, 0.717) is 13.1 Å². The van der Waals surface area contributed by atoms with Crippen molar-refractivity contribution in [3.8, 4) is 0 Å². The first-order valence-corrected chi connectivity index (χ1v) is 10.4. The van der Waals surface area contributed by atoms with Crippen LogP contribution in [0.15, 0.2) is 18.5 Å². The number of hydrogen-bond donors (Lipinski definition) is 0. The number of aromatic nitrogens is 2. The number of rotatable bonds is 6. The fourth-order valence-electron chi connectivity index (χ4n) is 3.68. The average Bonchev–Trinajstić information content (AvgIpc) is 3.14. The van der Waals surface area contributed by atoms with Crippen molar-refractivity contribution < 1.29 is 8.42 Å². The van der Waals surface area contributed by atoms with Gasteiger partial charge in [-0.25, -0.2) is 0 Å². The SMILES string of the molecule is CN(C1CCCCC1)S(=O)(=O)N1CCN(CCn2cccn2)CC1. The lowest BCUT2D eigenvalue weighted by atomic mass is 9.96. The zero-order valence-corrected chi connectivity index (χ0v) is 15.4. The minimum absolute atomic E-state index is 0.182. The molecule has 0 amide bonds. The van der Waals surface area contributed by atoms with Gasteiger partial charge in [0.1, 0.15) is 0 Å². The van der Waals surface area contributed by atoms with Crippen molar-refractivity contribution in [3.05, 3.63) is 18.5 Å². The van der Waals surface area contributed by atoms with Crippen LogP contribution >= 0.6 is 0 Å². The van der Waals surface area contributed by atoms with Crippen molar-refractivity contribution in [3.63, 3.8) is 0 Å². The highest BCUT2D eigenvalue weighted by molar-refractivity contribution is 7.86. The van der Waals surface area contributed by atoms with Gasteiger partial charge in [-0.3, -0.25) is 9.58 Å². The quantitative estimate of drug-likeness (QED) is 0.764. The van der Waals surface area contributed by atoms with Crippen LogP contribution in [0.3, 0.4) is 0 Å². The molecule has 1 saturated carbocycles. The van der Waals surface area contributed by atoms with Gasteiger partial charge in [-0.1, -0.05) is 19.3 Å². The summed E-state index contributed by atoms with van der Waals surface area (Å²) in [5.41, 5.74) is 0. The molecule has 0 spiro atoms. The molecule has 136 valence electrons. The Morgan fingerprint density at radius 1 is 1.08 bits per heavy atom. The molecule has 0 radical (unpaired) electrons. The van der Waals surface area contributed by atoms with Gasteiger partial charge in [0.05, 0.1) is 6.54 Å². The number of nitrogens with zero attached hydrogens (tertiary/aromatic N) is 5. The van der Waals surface area contributed by atoms with E-state index in [2.05, 4.69) is 10.00 Å². The summed E-state index contributed by atoms with van der Waals surface area (Å²) in [4.78, 5) is 2.31. The molecule has 2 aliphatic rings. The maximum Gasteiger partial charge on any atom is 0.282 e. The van der Waals surface area contributed by atoms with E-state index >= 15 is 0 Å². The van der Waals surface area contributed by atoms with E-state index < -0.39 is 10.2 Å². The van der Waals surface area contributed by atoms with Crippen LogP contribution in [0, 0.1) is 0 Å². The van der Waals surface area contributed by atoms with Gasteiger partial charge < -0.3 is 0 Å². The summed E-state index contributed by atoms with van der Waals surface area (Å²) in [6, 6.07) is 2.10. The normalized spacial score (nSPS) is 22.2. The Morgan fingerprint density at radius 3 is 2.42 bits per heavy atom. The zero-order chi connectivity index (χ0) is 17.0. The Hall–Kier alpha value is -0.960. The average molecular weight is 356 g/mol. The first kappa shape index (κ1) is 17.8. The number of hydrogen-bond acceptors (Lipinski definition) is 4. The van der Waals surface area contributed by atoms with Crippen molar-refractivity contribution in [2.24, 2.45) is 0 Å². The first-order chi connectivity index (χ1) is 11.6. The highest BCUT2D eigenvalue weighted by Gasteiger charge is 2.34. The molecule has 1 aromatic heterocycles. The fraction of sp³-hybridized carbons (Fsp3) is 0.812. The van der Waals surface area contributed by atoms with Crippen molar-refractivity contribution in [2.45, 2.75) is 44.7 Å². The third kappa shape index (κ3) is 4.17. The second-order valence-electron chi connectivity index (χ2n) is 6.83. The predicted octanol–water partition coefficient (Wildman–Crippen LogP) is 1.01. The van der Waals surface area contributed by atoms with Crippen LogP contribution < -0.4 is 0 Å². The number of piperazine rings is 1. The molecule has 3 rings (SSSR count). The van der Waals surface area contributed by atoms with E-state index in [1.807, 2.05) is 16.9 Å². The van der Waals surface area contributed by atoms with Crippen LogP contribution in [-0.4, -0.2) is 77.5 Å². The zero-order valence-electron chi connectivity index (χ0n) is 14.5. The molecule has 8 heteroatoms. The molecule has 0 N–H and O–H groups in total. The highest BCUT2D eigenvalue weighted by atomic mass is 32.2. The lowest BCUT2D eigenvalue weighted by Crippen LogP contribution is -2.54. The molecule has 0 aromatic carbocycles. The second-order valence-corrected chi connectivity index (χ2v) is 8.81. The summed E-state index contributed by atoms with van der Waals surface area (Å²) in [7, 11) is -1.56. The molecule has 2 fully saturated rings. The largest absolute Gasteiger partial charge is 0.299 e. The van der Waals surface area contributed by atoms with E-state index in [-0.39, 0.29) is 6.04 Å². The Labute approximate surface area is 145 Å². The van der Waals surface area contributed by atoms with E-state index in [9.17, 15) is 8.42 Å². The van der Waals surface area contributed by atoms with Crippen LogP contribution in [0.25, 0.3) is 0 Å². The van der Waals surface area contributed by atoms with Gasteiger partial charge >= 0.3 is 0 Å². The molecule has 0 atom stereocenters. The van der Waals surface area contributed by atoms with Gasteiger partial charge in [0.15, 0.2) is 0 Å². The molecule has 1 saturated heterocycles. The molecule has 24 heavy (non-hydrogen) atoms. The van der Waals surface area contributed by atoms with Crippen molar-refractivity contribution >= 4 is 10.2 Å². The predicted molar refractivity (Wildman–Crippen MR) is 93.8 cm³/mol. The van der Waals surface area contributed by atoms with Gasteiger partial charge in [-0.2, -0.15) is 22.1 Å². The van der Waals surface area contributed by atoms with Gasteiger partial charge in [-0.05, 0) is 18.9 Å². The van der Waals surface area contributed by atoms with Crippen LogP contribution in [0.4, 0.5) is 0 Å². The molecule has 2 heterocycles. The lowest BCUT2D eigenvalue weighted by molar-refractivity contribution is 0.170. The molecule has 1 aromatic rings. The Bertz CT molecular complexity index is 590. The highest BCUT2D eigenvalue weighted by Crippen LogP contribution is 2.25. The van der Waals surface area contributed by atoms with E-state index in [0.717, 1.165) is 51.9 Å². The topological polar surface area (TPSA) is 61.7 Å². The molecule has 1 aliphatic carbocycles. The summed E-state index contributed by atoms with van der Waals surface area (Å²) in [5.74, 6) is 0. The van der Waals surface area contributed by atoms with Crippen LogP contribution in [0.5, 0.6) is 0 Å². The van der Waals surface area contributed by atoms with Crippen molar-refractivity contribution in [1.82, 2.24) is 23.3 Å². The van der Waals surface area contributed by atoms with Crippen LogP contribution in [0.2, 0.25) is 0 Å². The standard InChI is InChI=1S/C16H29N5O2S/c1-18(16-6-3-2-4-7-16)24(22,23)21-14-11-19(12-15-21)10-13-20-9-5-8-17-20/h5,8-9,16H,2-4,6-7,10-15H2,1H3. The molecular weight excluding hydrogens is 326 g/mol. The lowest BCUT2D eigenvalue weighted by Gasteiger charge is -2.38. The molecule has 0 bridgehead atoms. The monoisotopic (exact) mass is 355 g/mol. The van der Waals surface area contributed by atoms with Gasteiger partial charge in [-0.15, -0.1) is 0 Å². The summed E-state index contributed by atoms with van der Waals surface area (Å²) in [6.45, 7) is 4.50. The maximum atomic E-state index is 12.9. The van der Waals surface area contributed by atoms with Gasteiger partial charge in [0.2, 0.25) is 0 Å². The summed E-state index contributed by atoms with van der Waals surface area (Å²) in [5, 5.41) is 4.21. The van der Waals surface area contributed by atoms with Crippen molar-refractivity contribution in [1.29, 1.82) is 0 Å². The second kappa shape index (κ2) is 7.95. The van der Waals surface area contributed by atoms with E-state index in [1.165, 1.54) is 6.42 Å². The summed E-state index contributed by atoms with van der Waals surface area (Å²) in [6.07, 6.45) is 9.27. The molecule has 1 aliphatic heterocycles. The van der Waals surface area contributed by atoms with Gasteiger partial charge in [0.25, 0.3) is 10.2 Å². The van der Waals surface area contributed by atoms with Gasteiger partial charge in [0, 0.05) is 58.2 Å². The maximum absolute atomic E-state index is 12.9. The summed E-state index contributed by atoms with van der Waals surface area (Å²) >= 11 is 0. The molecule has 0 unspecified atom stereocenters. The minimum atomic E-state index is -3.32. The third-order valence-corrected chi connectivity index (χ3v) is 7.36. The van der Waals surface area contributed by atoms with Crippen LogP contribution in [-0.2, 0) is 16.8 Å². The smallest absolute Gasteiger partial charge is 0.282 e. The fourth-order valence-corrected chi connectivity index (χ4v) is 5.25. The van der Waals surface area contributed by atoms with Crippen LogP contribution in [0.1, 0.15) is 32.1 Å². The minimum Gasteiger partial charge on any atom is -0.299 e. The first-order valence-electron chi connectivity index (χ1n) is 9.00. The van der Waals surface area contributed by atoms with E-state index in [4.69, 9.17) is 0 Å². The Balaban J connectivity index is 1.49. The molecule has 7 nitrogen and oxygen atoms in total.